The molecule has 5 heteroatoms. The van der Waals surface area contributed by atoms with E-state index in [4.69, 9.17) is 4.74 Å². The summed E-state index contributed by atoms with van der Waals surface area (Å²) in [5.74, 6) is 0.703. The Morgan fingerprint density at radius 3 is 2.85 bits per heavy atom. The van der Waals surface area contributed by atoms with E-state index >= 15 is 0 Å². The van der Waals surface area contributed by atoms with Crippen LogP contribution >= 0.6 is 0 Å². The molecule has 1 N–H and O–H groups in total. The SMILES string of the molecule is CCCOc1cncc(-c2nc[nH]c(=O)c2CCC)c1. The summed E-state index contributed by atoms with van der Waals surface area (Å²) in [6.07, 6.45) is 7.33. The minimum Gasteiger partial charge on any atom is -0.492 e. The van der Waals surface area contributed by atoms with Gasteiger partial charge in [0.15, 0.2) is 0 Å². The van der Waals surface area contributed by atoms with E-state index < -0.39 is 0 Å². The van der Waals surface area contributed by atoms with Crippen molar-refractivity contribution in [2.75, 3.05) is 6.61 Å². The molecule has 0 unspecified atom stereocenters. The quantitative estimate of drug-likeness (QED) is 0.878. The smallest absolute Gasteiger partial charge is 0.254 e. The number of nitrogens with zero attached hydrogens (tertiary/aromatic N) is 2. The molecule has 0 aliphatic carbocycles. The fourth-order valence-corrected chi connectivity index (χ4v) is 2.01. The first kappa shape index (κ1) is 14.2. The van der Waals surface area contributed by atoms with Gasteiger partial charge in [-0.2, -0.15) is 0 Å². The molecule has 0 saturated heterocycles. The van der Waals surface area contributed by atoms with Gasteiger partial charge in [-0.05, 0) is 18.9 Å². The predicted molar refractivity (Wildman–Crippen MR) is 77.9 cm³/mol. The molecule has 0 fully saturated rings. The van der Waals surface area contributed by atoms with Crippen molar-refractivity contribution >= 4 is 0 Å². The Labute approximate surface area is 118 Å². The number of rotatable bonds is 6. The fourth-order valence-electron chi connectivity index (χ4n) is 2.01. The first-order valence-corrected chi connectivity index (χ1v) is 6.91. The van der Waals surface area contributed by atoms with Crippen molar-refractivity contribution in [1.82, 2.24) is 15.0 Å². The molecule has 0 aliphatic rings. The van der Waals surface area contributed by atoms with Crippen LogP contribution in [0, 0.1) is 0 Å². The molecule has 0 saturated carbocycles. The van der Waals surface area contributed by atoms with Crippen molar-refractivity contribution in [1.29, 1.82) is 0 Å². The van der Waals surface area contributed by atoms with Crippen molar-refractivity contribution in [3.05, 3.63) is 40.7 Å². The van der Waals surface area contributed by atoms with Crippen molar-refractivity contribution in [2.45, 2.75) is 33.1 Å². The standard InChI is InChI=1S/C15H19N3O2/c1-3-5-13-14(17-10-18-15(13)19)11-7-12(9-16-8-11)20-6-4-2/h7-10H,3-6H2,1-2H3,(H,17,18,19). The van der Waals surface area contributed by atoms with Crippen molar-refractivity contribution in [3.63, 3.8) is 0 Å². The molecule has 20 heavy (non-hydrogen) atoms. The van der Waals surface area contributed by atoms with Crippen molar-refractivity contribution in [2.24, 2.45) is 0 Å². The highest BCUT2D eigenvalue weighted by Crippen LogP contribution is 2.23. The van der Waals surface area contributed by atoms with Gasteiger partial charge in [0.25, 0.3) is 5.56 Å². The summed E-state index contributed by atoms with van der Waals surface area (Å²) in [6.45, 7) is 4.74. The van der Waals surface area contributed by atoms with Gasteiger partial charge in [-0.15, -0.1) is 0 Å². The van der Waals surface area contributed by atoms with E-state index in [9.17, 15) is 4.79 Å². The van der Waals surface area contributed by atoms with Crippen molar-refractivity contribution in [3.8, 4) is 17.0 Å². The Hall–Kier alpha value is -2.17. The summed E-state index contributed by atoms with van der Waals surface area (Å²) in [4.78, 5) is 23.0. The average Bonchev–Trinajstić information content (AvgIpc) is 2.48. The number of nitrogens with one attached hydrogen (secondary N) is 1. The second kappa shape index (κ2) is 6.84. The third-order valence-electron chi connectivity index (χ3n) is 2.91. The predicted octanol–water partition coefficient (Wildman–Crippen LogP) is 2.57. The van der Waals surface area contributed by atoms with Crippen LogP contribution in [0.15, 0.2) is 29.6 Å². The first-order chi connectivity index (χ1) is 9.76. The summed E-state index contributed by atoms with van der Waals surface area (Å²) in [5.41, 5.74) is 2.11. The molecule has 0 radical (unpaired) electrons. The summed E-state index contributed by atoms with van der Waals surface area (Å²) in [7, 11) is 0. The Morgan fingerprint density at radius 1 is 1.25 bits per heavy atom. The largest absolute Gasteiger partial charge is 0.492 e. The molecule has 2 aromatic heterocycles. The molecule has 2 aromatic rings. The molecule has 5 nitrogen and oxygen atoms in total. The molecule has 2 rings (SSSR count). The molecule has 0 atom stereocenters. The van der Waals surface area contributed by atoms with Gasteiger partial charge in [-0.3, -0.25) is 9.78 Å². The second-order valence-corrected chi connectivity index (χ2v) is 4.57. The maximum Gasteiger partial charge on any atom is 0.254 e. The van der Waals surface area contributed by atoms with Gasteiger partial charge >= 0.3 is 0 Å². The molecule has 0 aromatic carbocycles. The lowest BCUT2D eigenvalue weighted by atomic mass is 10.1. The highest BCUT2D eigenvalue weighted by Gasteiger charge is 2.11. The van der Waals surface area contributed by atoms with Crippen molar-refractivity contribution < 1.29 is 4.74 Å². The topological polar surface area (TPSA) is 67.9 Å². The van der Waals surface area contributed by atoms with Crippen LogP contribution in [-0.4, -0.2) is 21.6 Å². The zero-order chi connectivity index (χ0) is 14.4. The number of aromatic amines is 1. The van der Waals surface area contributed by atoms with Crippen LogP contribution in [0.2, 0.25) is 0 Å². The Kier molecular flexibility index (Phi) is 4.87. The van der Waals surface area contributed by atoms with E-state index in [1.165, 1.54) is 6.33 Å². The third kappa shape index (κ3) is 3.23. The Balaban J connectivity index is 2.40. The Bertz CT molecular complexity index is 623. The highest BCUT2D eigenvalue weighted by molar-refractivity contribution is 5.62. The number of pyridine rings is 1. The van der Waals surface area contributed by atoms with Gasteiger partial charge in [-0.25, -0.2) is 4.98 Å². The second-order valence-electron chi connectivity index (χ2n) is 4.57. The highest BCUT2D eigenvalue weighted by atomic mass is 16.5. The van der Waals surface area contributed by atoms with Crippen LogP contribution < -0.4 is 10.3 Å². The molecule has 0 amide bonds. The molecule has 2 heterocycles. The summed E-state index contributed by atoms with van der Waals surface area (Å²) >= 11 is 0. The van der Waals surface area contributed by atoms with Crippen LogP contribution in [-0.2, 0) is 6.42 Å². The number of hydrogen-bond acceptors (Lipinski definition) is 4. The minimum atomic E-state index is -0.0864. The van der Waals surface area contributed by atoms with Crippen LogP contribution in [0.5, 0.6) is 5.75 Å². The van der Waals surface area contributed by atoms with Gasteiger partial charge in [-0.1, -0.05) is 20.3 Å². The number of ether oxygens (including phenoxy) is 1. The molecular weight excluding hydrogens is 254 g/mol. The lowest BCUT2D eigenvalue weighted by molar-refractivity contribution is 0.316. The van der Waals surface area contributed by atoms with E-state index in [-0.39, 0.29) is 5.56 Å². The normalized spacial score (nSPS) is 10.5. The third-order valence-corrected chi connectivity index (χ3v) is 2.91. The average molecular weight is 273 g/mol. The molecule has 106 valence electrons. The molecule has 0 bridgehead atoms. The van der Waals surface area contributed by atoms with E-state index in [1.54, 1.807) is 12.4 Å². The van der Waals surface area contributed by atoms with Crippen LogP contribution in [0.25, 0.3) is 11.3 Å². The minimum absolute atomic E-state index is 0.0864. The zero-order valence-corrected chi connectivity index (χ0v) is 11.8. The lowest BCUT2D eigenvalue weighted by Crippen LogP contribution is -2.14. The monoisotopic (exact) mass is 273 g/mol. The molecular formula is C15H19N3O2. The fraction of sp³-hybridized carbons (Fsp3) is 0.400. The van der Waals surface area contributed by atoms with Gasteiger partial charge in [0, 0.05) is 17.3 Å². The van der Waals surface area contributed by atoms with Gasteiger partial charge in [0.1, 0.15) is 5.75 Å². The summed E-state index contributed by atoms with van der Waals surface area (Å²) in [5, 5.41) is 0. The first-order valence-electron chi connectivity index (χ1n) is 6.91. The van der Waals surface area contributed by atoms with Gasteiger partial charge in [0.2, 0.25) is 0 Å². The number of aromatic nitrogens is 3. The number of hydrogen-bond donors (Lipinski definition) is 1. The van der Waals surface area contributed by atoms with E-state index in [2.05, 4.69) is 21.9 Å². The van der Waals surface area contributed by atoms with Crippen LogP contribution in [0.4, 0.5) is 0 Å². The lowest BCUT2D eigenvalue weighted by Gasteiger charge is -2.08. The molecule has 0 aliphatic heterocycles. The van der Waals surface area contributed by atoms with E-state index in [1.807, 2.05) is 13.0 Å². The number of H-pyrrole nitrogens is 1. The maximum absolute atomic E-state index is 11.9. The maximum atomic E-state index is 11.9. The van der Waals surface area contributed by atoms with E-state index in [0.717, 1.165) is 18.4 Å². The van der Waals surface area contributed by atoms with Crippen LogP contribution in [0.1, 0.15) is 32.3 Å². The summed E-state index contributed by atoms with van der Waals surface area (Å²) in [6, 6.07) is 1.88. The van der Waals surface area contributed by atoms with Gasteiger partial charge < -0.3 is 9.72 Å². The Morgan fingerprint density at radius 2 is 2.10 bits per heavy atom. The molecule has 0 spiro atoms. The zero-order valence-electron chi connectivity index (χ0n) is 11.8. The van der Waals surface area contributed by atoms with Crippen LogP contribution in [0.3, 0.4) is 0 Å². The van der Waals surface area contributed by atoms with E-state index in [0.29, 0.717) is 30.0 Å². The summed E-state index contributed by atoms with van der Waals surface area (Å²) < 4.78 is 5.57. The van der Waals surface area contributed by atoms with Gasteiger partial charge in [0.05, 0.1) is 24.8 Å².